The van der Waals surface area contributed by atoms with Gasteiger partial charge in [-0.25, -0.2) is 0 Å². The molecule has 0 fully saturated rings. The Morgan fingerprint density at radius 2 is 1.96 bits per heavy atom. The SMILES string of the molecule is Cc1ccc(-c2cc(C(=O)NC3Cc4ccccc4C3)n[nH]2)s1. The molecule has 0 saturated carbocycles. The molecule has 3 aromatic rings. The monoisotopic (exact) mass is 323 g/mol. The van der Waals surface area contributed by atoms with Gasteiger partial charge < -0.3 is 5.32 Å². The summed E-state index contributed by atoms with van der Waals surface area (Å²) in [6.45, 7) is 2.07. The van der Waals surface area contributed by atoms with Crippen LogP contribution in [0.3, 0.4) is 0 Å². The second-order valence-electron chi connectivity index (χ2n) is 5.92. The Morgan fingerprint density at radius 3 is 2.61 bits per heavy atom. The molecule has 4 nitrogen and oxygen atoms in total. The van der Waals surface area contributed by atoms with Gasteiger partial charge in [0.05, 0.1) is 10.6 Å². The van der Waals surface area contributed by atoms with Gasteiger partial charge in [0, 0.05) is 10.9 Å². The van der Waals surface area contributed by atoms with Gasteiger partial charge in [-0.1, -0.05) is 24.3 Å². The van der Waals surface area contributed by atoms with Crippen LogP contribution in [0.4, 0.5) is 0 Å². The molecule has 116 valence electrons. The van der Waals surface area contributed by atoms with Gasteiger partial charge in [0.25, 0.3) is 5.91 Å². The third kappa shape index (κ3) is 2.80. The number of aryl methyl sites for hydroxylation is 1. The molecule has 0 spiro atoms. The predicted octanol–water partition coefficient (Wildman–Crippen LogP) is 3.34. The molecule has 2 N–H and O–H groups in total. The lowest BCUT2D eigenvalue weighted by Crippen LogP contribution is -2.35. The van der Waals surface area contributed by atoms with E-state index in [2.05, 4.69) is 40.6 Å². The number of H-pyrrole nitrogens is 1. The lowest BCUT2D eigenvalue weighted by Gasteiger charge is -2.10. The van der Waals surface area contributed by atoms with Crippen molar-refractivity contribution in [1.82, 2.24) is 15.5 Å². The quantitative estimate of drug-likeness (QED) is 0.776. The zero-order valence-corrected chi connectivity index (χ0v) is 13.6. The van der Waals surface area contributed by atoms with Gasteiger partial charge in [0.2, 0.25) is 0 Å². The Labute approximate surface area is 138 Å². The van der Waals surface area contributed by atoms with Crippen LogP contribution in [-0.4, -0.2) is 22.1 Å². The fourth-order valence-corrected chi connectivity index (χ4v) is 3.90. The van der Waals surface area contributed by atoms with Crippen LogP contribution in [0.25, 0.3) is 10.6 Å². The van der Waals surface area contributed by atoms with E-state index >= 15 is 0 Å². The summed E-state index contributed by atoms with van der Waals surface area (Å²) in [5, 5.41) is 10.2. The number of nitrogens with zero attached hydrogens (tertiary/aromatic N) is 1. The first-order valence-corrected chi connectivity index (χ1v) is 8.50. The number of amides is 1. The van der Waals surface area contributed by atoms with Gasteiger partial charge in [0.1, 0.15) is 0 Å². The van der Waals surface area contributed by atoms with E-state index in [9.17, 15) is 4.79 Å². The minimum atomic E-state index is -0.112. The highest BCUT2D eigenvalue weighted by Gasteiger charge is 2.23. The van der Waals surface area contributed by atoms with Gasteiger partial charge in [-0.2, -0.15) is 5.10 Å². The Bertz CT molecular complexity index is 840. The maximum atomic E-state index is 12.4. The highest BCUT2D eigenvalue weighted by Crippen LogP contribution is 2.26. The molecule has 1 aliphatic rings. The highest BCUT2D eigenvalue weighted by atomic mass is 32.1. The average Bonchev–Trinajstić information content (AvgIpc) is 3.24. The first-order valence-electron chi connectivity index (χ1n) is 7.69. The van der Waals surface area contributed by atoms with Crippen LogP contribution in [0.5, 0.6) is 0 Å². The number of hydrogen-bond donors (Lipinski definition) is 2. The molecule has 1 aromatic carbocycles. The molecular formula is C18H17N3OS. The average molecular weight is 323 g/mol. The normalized spacial score (nSPS) is 14.0. The topological polar surface area (TPSA) is 57.8 Å². The van der Waals surface area contributed by atoms with Crippen LogP contribution in [0.2, 0.25) is 0 Å². The van der Waals surface area contributed by atoms with Gasteiger partial charge >= 0.3 is 0 Å². The summed E-state index contributed by atoms with van der Waals surface area (Å²) >= 11 is 1.69. The second kappa shape index (κ2) is 5.66. The first kappa shape index (κ1) is 14.2. The molecule has 0 unspecified atom stereocenters. The van der Waals surface area contributed by atoms with Gasteiger partial charge in [-0.05, 0) is 49.1 Å². The Balaban J connectivity index is 1.45. The third-order valence-corrected chi connectivity index (χ3v) is 5.24. The van der Waals surface area contributed by atoms with E-state index in [1.807, 2.05) is 24.3 Å². The molecule has 2 heterocycles. The summed E-state index contributed by atoms with van der Waals surface area (Å²) in [7, 11) is 0. The summed E-state index contributed by atoms with van der Waals surface area (Å²) < 4.78 is 0. The van der Waals surface area contributed by atoms with Crippen molar-refractivity contribution in [3.63, 3.8) is 0 Å². The van der Waals surface area contributed by atoms with E-state index in [1.165, 1.54) is 16.0 Å². The van der Waals surface area contributed by atoms with E-state index in [4.69, 9.17) is 0 Å². The standard InChI is InChI=1S/C18H17N3OS/c1-11-6-7-17(23-11)15-10-16(21-20-15)18(22)19-14-8-12-4-2-3-5-13(12)9-14/h2-7,10,14H,8-9H2,1H3,(H,19,22)(H,20,21). The van der Waals surface area contributed by atoms with Crippen LogP contribution < -0.4 is 5.32 Å². The molecule has 1 aliphatic carbocycles. The van der Waals surface area contributed by atoms with Gasteiger partial charge in [0.15, 0.2) is 5.69 Å². The number of aromatic nitrogens is 2. The second-order valence-corrected chi connectivity index (χ2v) is 7.21. The molecule has 0 aliphatic heterocycles. The summed E-state index contributed by atoms with van der Waals surface area (Å²) in [6, 6.07) is 14.4. The molecule has 23 heavy (non-hydrogen) atoms. The molecule has 2 aromatic heterocycles. The Kier molecular flexibility index (Phi) is 3.50. The fourth-order valence-electron chi connectivity index (χ4n) is 3.06. The van der Waals surface area contributed by atoms with Crippen molar-refractivity contribution in [3.8, 4) is 10.6 Å². The molecule has 4 rings (SSSR count). The molecular weight excluding hydrogens is 306 g/mol. The van der Waals surface area contributed by atoms with Crippen molar-refractivity contribution in [3.05, 3.63) is 64.2 Å². The van der Waals surface area contributed by atoms with Crippen molar-refractivity contribution in [2.75, 3.05) is 0 Å². The van der Waals surface area contributed by atoms with E-state index in [0.29, 0.717) is 5.69 Å². The van der Waals surface area contributed by atoms with E-state index in [1.54, 1.807) is 11.3 Å². The number of aromatic amines is 1. The third-order valence-electron chi connectivity index (χ3n) is 4.20. The number of benzene rings is 1. The van der Waals surface area contributed by atoms with Crippen molar-refractivity contribution >= 4 is 17.2 Å². The van der Waals surface area contributed by atoms with E-state index in [0.717, 1.165) is 23.4 Å². The van der Waals surface area contributed by atoms with Crippen LogP contribution >= 0.6 is 11.3 Å². The fraction of sp³-hybridized carbons (Fsp3) is 0.222. The van der Waals surface area contributed by atoms with Crippen molar-refractivity contribution in [1.29, 1.82) is 0 Å². The van der Waals surface area contributed by atoms with Gasteiger partial charge in [-0.3, -0.25) is 9.89 Å². The van der Waals surface area contributed by atoms with Crippen molar-refractivity contribution < 1.29 is 4.79 Å². The van der Waals surface area contributed by atoms with E-state index in [-0.39, 0.29) is 11.9 Å². The molecule has 0 bridgehead atoms. The predicted molar refractivity (Wildman–Crippen MR) is 91.7 cm³/mol. The summed E-state index contributed by atoms with van der Waals surface area (Å²) in [5.74, 6) is -0.112. The zero-order valence-electron chi connectivity index (χ0n) is 12.8. The highest BCUT2D eigenvalue weighted by molar-refractivity contribution is 7.15. The van der Waals surface area contributed by atoms with Gasteiger partial charge in [-0.15, -0.1) is 11.3 Å². The van der Waals surface area contributed by atoms with Crippen molar-refractivity contribution in [2.45, 2.75) is 25.8 Å². The Morgan fingerprint density at radius 1 is 1.22 bits per heavy atom. The number of carbonyl (C=O) groups excluding carboxylic acids is 1. The maximum absolute atomic E-state index is 12.4. The number of rotatable bonds is 3. The van der Waals surface area contributed by atoms with Crippen LogP contribution in [0.15, 0.2) is 42.5 Å². The number of hydrogen-bond acceptors (Lipinski definition) is 3. The Hall–Kier alpha value is -2.40. The minimum absolute atomic E-state index is 0.112. The minimum Gasteiger partial charge on any atom is -0.347 e. The zero-order chi connectivity index (χ0) is 15.8. The molecule has 0 radical (unpaired) electrons. The number of carbonyl (C=O) groups is 1. The van der Waals surface area contributed by atoms with Crippen LogP contribution in [0, 0.1) is 6.92 Å². The smallest absolute Gasteiger partial charge is 0.272 e. The number of fused-ring (bicyclic) bond motifs is 1. The van der Waals surface area contributed by atoms with E-state index < -0.39 is 0 Å². The maximum Gasteiger partial charge on any atom is 0.272 e. The summed E-state index contributed by atoms with van der Waals surface area (Å²) in [6.07, 6.45) is 1.78. The van der Waals surface area contributed by atoms with Crippen LogP contribution in [0.1, 0.15) is 26.5 Å². The lowest BCUT2D eigenvalue weighted by molar-refractivity contribution is 0.0933. The first-order chi connectivity index (χ1) is 11.2. The number of thiophene rings is 1. The molecule has 5 heteroatoms. The summed E-state index contributed by atoms with van der Waals surface area (Å²) in [4.78, 5) is 14.8. The lowest BCUT2D eigenvalue weighted by atomic mass is 10.1. The largest absolute Gasteiger partial charge is 0.347 e. The molecule has 0 atom stereocenters. The molecule has 0 saturated heterocycles. The van der Waals surface area contributed by atoms with Crippen molar-refractivity contribution in [2.24, 2.45) is 0 Å². The number of nitrogens with one attached hydrogen (secondary N) is 2. The van der Waals surface area contributed by atoms with Crippen LogP contribution in [-0.2, 0) is 12.8 Å². The summed E-state index contributed by atoms with van der Waals surface area (Å²) in [5.41, 5.74) is 3.99. The molecule has 1 amide bonds.